The van der Waals surface area contributed by atoms with Crippen molar-refractivity contribution in [3.63, 3.8) is 0 Å². The lowest BCUT2D eigenvalue weighted by atomic mass is 9.84. The van der Waals surface area contributed by atoms with E-state index in [0.717, 1.165) is 17.7 Å². The first-order chi connectivity index (χ1) is 11.8. The second-order valence-corrected chi connectivity index (χ2v) is 6.03. The van der Waals surface area contributed by atoms with Gasteiger partial charge in [-0.2, -0.15) is 18.4 Å². The molecule has 2 aromatic carbocycles. The summed E-state index contributed by atoms with van der Waals surface area (Å²) in [4.78, 5) is 11.7. The molecule has 1 aliphatic heterocycles. The molecule has 3 rings (SSSR count). The fraction of sp³-hybridized carbons (Fsp3) is 0.263. The van der Waals surface area contributed by atoms with E-state index in [-0.39, 0.29) is 12.4 Å². The van der Waals surface area contributed by atoms with Crippen molar-refractivity contribution in [2.45, 2.75) is 31.0 Å². The van der Waals surface area contributed by atoms with Crippen molar-refractivity contribution in [2.24, 2.45) is 0 Å². The smallest absolute Gasteiger partial charge is 0.416 e. The van der Waals surface area contributed by atoms with Crippen LogP contribution < -0.4 is 0 Å². The van der Waals surface area contributed by atoms with Crippen LogP contribution in [0.4, 0.5) is 13.2 Å². The number of hydrogen-bond acceptors (Lipinski definition) is 3. The quantitative estimate of drug-likeness (QED) is 0.777. The molecular weight excluding hydrogens is 331 g/mol. The highest BCUT2D eigenvalue weighted by Gasteiger charge is 2.42. The molecule has 3 nitrogen and oxygen atoms in total. The van der Waals surface area contributed by atoms with E-state index in [0.29, 0.717) is 24.0 Å². The van der Waals surface area contributed by atoms with E-state index in [1.54, 1.807) is 24.3 Å². The van der Waals surface area contributed by atoms with Gasteiger partial charge in [0, 0.05) is 19.3 Å². The molecule has 1 aliphatic rings. The number of hydrogen-bond donors (Lipinski definition) is 0. The first-order valence-corrected chi connectivity index (χ1v) is 7.71. The maximum atomic E-state index is 12.8. The second kappa shape index (κ2) is 6.25. The summed E-state index contributed by atoms with van der Waals surface area (Å²) in [5.41, 5.74) is 0.171. The predicted octanol–water partition coefficient (Wildman–Crippen LogP) is 4.35. The topological polar surface area (TPSA) is 50.1 Å². The maximum absolute atomic E-state index is 12.8. The lowest BCUT2D eigenvalue weighted by molar-refractivity contribution is -0.149. The number of rotatable bonds is 3. The Morgan fingerprint density at radius 2 is 1.72 bits per heavy atom. The first-order valence-electron chi connectivity index (χ1n) is 7.71. The van der Waals surface area contributed by atoms with E-state index >= 15 is 0 Å². The van der Waals surface area contributed by atoms with Crippen LogP contribution in [0, 0.1) is 11.3 Å². The zero-order valence-corrected chi connectivity index (χ0v) is 13.1. The summed E-state index contributed by atoms with van der Waals surface area (Å²) in [5, 5.41) is 8.86. The van der Waals surface area contributed by atoms with Gasteiger partial charge in [-0.1, -0.05) is 24.3 Å². The summed E-state index contributed by atoms with van der Waals surface area (Å²) in [6, 6.07) is 13.6. The van der Waals surface area contributed by atoms with Crippen molar-refractivity contribution in [2.75, 3.05) is 0 Å². The lowest BCUT2D eigenvalue weighted by Crippen LogP contribution is -2.28. The highest BCUT2D eigenvalue weighted by Crippen LogP contribution is 2.41. The van der Waals surface area contributed by atoms with Gasteiger partial charge < -0.3 is 4.74 Å². The minimum atomic E-state index is -4.41. The molecule has 1 saturated heterocycles. The van der Waals surface area contributed by atoms with Crippen molar-refractivity contribution in [3.05, 3.63) is 70.8 Å². The van der Waals surface area contributed by atoms with Crippen LogP contribution in [0.15, 0.2) is 48.5 Å². The third kappa shape index (κ3) is 3.50. The number of esters is 1. The van der Waals surface area contributed by atoms with Gasteiger partial charge in [0.1, 0.15) is 5.60 Å². The Morgan fingerprint density at radius 3 is 2.20 bits per heavy atom. The molecule has 128 valence electrons. The SMILES string of the molecule is N#Cc1ccc(C[C@@]2(c3ccc(C(F)(F)F)cc3)CCC(=O)O2)cc1. The Labute approximate surface area is 142 Å². The number of carbonyl (C=O) groups excluding carboxylic acids is 1. The van der Waals surface area contributed by atoms with Crippen LogP contribution in [0.1, 0.15) is 35.1 Å². The minimum Gasteiger partial charge on any atom is -0.454 e. The zero-order chi connectivity index (χ0) is 18.1. The molecule has 1 heterocycles. The van der Waals surface area contributed by atoms with Crippen LogP contribution in [-0.2, 0) is 27.7 Å². The lowest BCUT2D eigenvalue weighted by Gasteiger charge is -2.29. The Morgan fingerprint density at radius 1 is 1.08 bits per heavy atom. The van der Waals surface area contributed by atoms with Gasteiger partial charge in [0.15, 0.2) is 0 Å². The van der Waals surface area contributed by atoms with Gasteiger partial charge in [-0.15, -0.1) is 0 Å². The molecule has 0 radical (unpaired) electrons. The summed E-state index contributed by atoms with van der Waals surface area (Å²) >= 11 is 0. The Bertz CT molecular complexity index is 820. The molecule has 25 heavy (non-hydrogen) atoms. The van der Waals surface area contributed by atoms with Crippen LogP contribution in [-0.4, -0.2) is 5.97 Å². The number of alkyl halides is 3. The standard InChI is InChI=1S/C19H14F3NO2/c20-19(21,22)16-7-5-15(6-8-16)18(10-9-17(24)25-18)11-13-1-3-14(12-23)4-2-13/h1-8H,9-11H2/t18-/m1/s1. The average molecular weight is 345 g/mol. The first kappa shape index (κ1) is 17.0. The molecule has 0 amide bonds. The fourth-order valence-corrected chi connectivity index (χ4v) is 3.04. The van der Waals surface area contributed by atoms with Crippen molar-refractivity contribution >= 4 is 5.97 Å². The molecule has 6 heteroatoms. The van der Waals surface area contributed by atoms with Crippen LogP contribution in [0.3, 0.4) is 0 Å². The van der Waals surface area contributed by atoms with E-state index in [1.807, 2.05) is 6.07 Å². The number of benzene rings is 2. The van der Waals surface area contributed by atoms with Gasteiger partial charge >= 0.3 is 12.1 Å². The summed E-state index contributed by atoms with van der Waals surface area (Å²) in [6.07, 6.45) is -3.45. The molecule has 0 bridgehead atoms. The van der Waals surface area contributed by atoms with Gasteiger partial charge in [0.25, 0.3) is 0 Å². The highest BCUT2D eigenvalue weighted by atomic mass is 19.4. The van der Waals surface area contributed by atoms with Crippen molar-refractivity contribution in [1.82, 2.24) is 0 Å². The monoisotopic (exact) mass is 345 g/mol. The Kier molecular flexibility index (Phi) is 4.25. The summed E-state index contributed by atoms with van der Waals surface area (Å²) in [5.74, 6) is -0.367. The molecule has 1 fully saturated rings. The van der Waals surface area contributed by atoms with E-state index in [2.05, 4.69) is 0 Å². The zero-order valence-electron chi connectivity index (χ0n) is 13.1. The van der Waals surface area contributed by atoms with Crippen molar-refractivity contribution < 1.29 is 22.7 Å². The molecule has 0 N–H and O–H groups in total. The highest BCUT2D eigenvalue weighted by molar-refractivity contribution is 5.72. The number of nitriles is 1. The van der Waals surface area contributed by atoms with Crippen LogP contribution in [0.2, 0.25) is 0 Å². The van der Waals surface area contributed by atoms with E-state index < -0.39 is 17.3 Å². The van der Waals surface area contributed by atoms with E-state index in [9.17, 15) is 18.0 Å². The van der Waals surface area contributed by atoms with Crippen molar-refractivity contribution in [3.8, 4) is 6.07 Å². The third-order valence-corrected chi connectivity index (χ3v) is 4.35. The van der Waals surface area contributed by atoms with Gasteiger partial charge in [0.2, 0.25) is 0 Å². The average Bonchev–Trinajstić information content (AvgIpc) is 2.97. The largest absolute Gasteiger partial charge is 0.454 e. The third-order valence-electron chi connectivity index (χ3n) is 4.35. The number of carbonyl (C=O) groups is 1. The van der Waals surface area contributed by atoms with Gasteiger partial charge in [-0.3, -0.25) is 4.79 Å². The fourth-order valence-electron chi connectivity index (χ4n) is 3.04. The summed E-state index contributed by atoms with van der Waals surface area (Å²) in [7, 11) is 0. The van der Waals surface area contributed by atoms with E-state index in [4.69, 9.17) is 10.00 Å². The summed E-state index contributed by atoms with van der Waals surface area (Å²) in [6.45, 7) is 0. The van der Waals surface area contributed by atoms with Crippen LogP contribution in [0.5, 0.6) is 0 Å². The molecular formula is C19H14F3NO2. The van der Waals surface area contributed by atoms with E-state index in [1.165, 1.54) is 12.1 Å². The number of nitrogens with zero attached hydrogens (tertiary/aromatic N) is 1. The molecule has 2 aromatic rings. The molecule has 0 aromatic heterocycles. The maximum Gasteiger partial charge on any atom is 0.416 e. The van der Waals surface area contributed by atoms with Gasteiger partial charge in [0.05, 0.1) is 17.2 Å². The van der Waals surface area contributed by atoms with Crippen LogP contribution >= 0.6 is 0 Å². The molecule has 0 unspecified atom stereocenters. The van der Waals surface area contributed by atoms with Gasteiger partial charge in [-0.25, -0.2) is 0 Å². The number of ether oxygens (including phenoxy) is 1. The minimum absolute atomic E-state index is 0.220. The normalized spacial score (nSPS) is 20.2. The predicted molar refractivity (Wildman–Crippen MR) is 83.3 cm³/mol. The Balaban J connectivity index is 1.93. The summed E-state index contributed by atoms with van der Waals surface area (Å²) < 4.78 is 43.8. The second-order valence-electron chi connectivity index (χ2n) is 6.03. The molecule has 0 saturated carbocycles. The Hall–Kier alpha value is -2.81. The van der Waals surface area contributed by atoms with Crippen LogP contribution in [0.25, 0.3) is 0 Å². The number of halogens is 3. The van der Waals surface area contributed by atoms with Crippen molar-refractivity contribution in [1.29, 1.82) is 5.26 Å². The van der Waals surface area contributed by atoms with Gasteiger partial charge in [-0.05, 0) is 35.4 Å². The molecule has 0 aliphatic carbocycles. The number of cyclic esters (lactones) is 1. The molecule has 1 atom stereocenters. The molecule has 0 spiro atoms.